The van der Waals surface area contributed by atoms with Crippen LogP contribution in [0.25, 0.3) is 0 Å². The smallest absolute Gasteiger partial charge is 0.305 e. The van der Waals surface area contributed by atoms with Crippen molar-refractivity contribution >= 4 is 11.9 Å². The molecule has 0 spiro atoms. The molecule has 0 bridgehead atoms. The van der Waals surface area contributed by atoms with Crippen LogP contribution in [0.5, 0.6) is 0 Å². The van der Waals surface area contributed by atoms with Crippen molar-refractivity contribution in [3.63, 3.8) is 0 Å². The Hall–Kier alpha value is -1.10. The van der Waals surface area contributed by atoms with Crippen LogP contribution in [0.1, 0.15) is 32.6 Å². The third-order valence-corrected chi connectivity index (χ3v) is 3.04. The topological polar surface area (TPSA) is 72.6 Å². The zero-order valence-corrected chi connectivity index (χ0v) is 11.3. The number of primary amides is 1. The molecule has 100 valence electrons. The lowest BCUT2D eigenvalue weighted by atomic mass is 9.80. The summed E-state index contributed by atoms with van der Waals surface area (Å²) in [5.41, 5.74) is 4.79. The van der Waals surface area contributed by atoms with Crippen molar-refractivity contribution in [2.45, 2.75) is 32.6 Å². The first-order valence-corrected chi connectivity index (χ1v) is 5.83. The molecule has 0 heterocycles. The Morgan fingerprint density at radius 2 is 1.88 bits per heavy atom. The molecule has 0 aromatic rings. The number of methoxy groups -OCH3 is 1. The van der Waals surface area contributed by atoms with Crippen LogP contribution in [-0.4, -0.2) is 44.5 Å². The zero-order chi connectivity index (χ0) is 13.5. The fraction of sp³-hybridized carbons (Fsp3) is 0.833. The molecule has 0 aliphatic carbocycles. The van der Waals surface area contributed by atoms with Crippen LogP contribution >= 0.6 is 0 Å². The summed E-state index contributed by atoms with van der Waals surface area (Å²) in [6, 6.07) is 0. The summed E-state index contributed by atoms with van der Waals surface area (Å²) in [4.78, 5) is 24.6. The van der Waals surface area contributed by atoms with E-state index in [1.54, 1.807) is 0 Å². The van der Waals surface area contributed by atoms with Gasteiger partial charge in [-0.2, -0.15) is 0 Å². The highest BCUT2D eigenvalue weighted by molar-refractivity contribution is 5.81. The highest BCUT2D eigenvalue weighted by Gasteiger charge is 2.31. The van der Waals surface area contributed by atoms with Gasteiger partial charge in [0.1, 0.15) is 0 Å². The Balaban J connectivity index is 4.26. The molecule has 0 saturated heterocycles. The minimum Gasteiger partial charge on any atom is -0.469 e. The normalized spacial score (nSPS) is 14.4. The molecule has 5 heteroatoms. The maximum atomic E-state index is 11.5. The van der Waals surface area contributed by atoms with Crippen LogP contribution in [0.4, 0.5) is 0 Å². The van der Waals surface area contributed by atoms with Crippen LogP contribution in [0.2, 0.25) is 0 Å². The van der Waals surface area contributed by atoms with E-state index in [4.69, 9.17) is 5.73 Å². The second-order valence-corrected chi connectivity index (χ2v) is 4.91. The molecule has 0 radical (unpaired) electrons. The average molecular weight is 244 g/mol. The Labute approximate surface area is 103 Å². The van der Waals surface area contributed by atoms with Gasteiger partial charge < -0.3 is 15.4 Å². The Morgan fingerprint density at radius 3 is 2.29 bits per heavy atom. The van der Waals surface area contributed by atoms with E-state index < -0.39 is 5.41 Å². The van der Waals surface area contributed by atoms with E-state index in [9.17, 15) is 9.59 Å². The van der Waals surface area contributed by atoms with Gasteiger partial charge in [0.25, 0.3) is 0 Å². The quantitative estimate of drug-likeness (QED) is 0.640. The van der Waals surface area contributed by atoms with E-state index >= 15 is 0 Å². The summed E-state index contributed by atoms with van der Waals surface area (Å²) in [5, 5.41) is 0. The number of carbonyl (C=O) groups is 2. The monoisotopic (exact) mass is 244 g/mol. The summed E-state index contributed by atoms with van der Waals surface area (Å²) in [6.45, 7) is 2.72. The van der Waals surface area contributed by atoms with Crippen LogP contribution in [0.15, 0.2) is 0 Å². The minimum atomic E-state index is -0.621. The van der Waals surface area contributed by atoms with E-state index in [-0.39, 0.29) is 18.3 Å². The second kappa shape index (κ2) is 7.27. The summed E-state index contributed by atoms with van der Waals surface area (Å²) < 4.78 is 4.57. The van der Waals surface area contributed by atoms with Crippen molar-refractivity contribution in [2.75, 3.05) is 27.7 Å². The highest BCUT2D eigenvalue weighted by Crippen LogP contribution is 2.29. The van der Waals surface area contributed by atoms with Crippen molar-refractivity contribution in [1.82, 2.24) is 4.90 Å². The van der Waals surface area contributed by atoms with Gasteiger partial charge >= 0.3 is 5.97 Å². The molecule has 5 nitrogen and oxygen atoms in total. The van der Waals surface area contributed by atoms with E-state index in [2.05, 4.69) is 9.64 Å². The Morgan fingerprint density at radius 1 is 1.29 bits per heavy atom. The number of carbonyl (C=O) groups excluding carboxylic acids is 2. The van der Waals surface area contributed by atoms with Gasteiger partial charge in [-0.25, -0.2) is 0 Å². The number of ether oxygens (including phenoxy) is 1. The lowest BCUT2D eigenvalue weighted by Gasteiger charge is -2.26. The number of amides is 1. The molecule has 1 unspecified atom stereocenters. The molecule has 0 fully saturated rings. The van der Waals surface area contributed by atoms with Crippen molar-refractivity contribution < 1.29 is 14.3 Å². The van der Waals surface area contributed by atoms with Crippen molar-refractivity contribution in [1.29, 1.82) is 0 Å². The van der Waals surface area contributed by atoms with Gasteiger partial charge in [0, 0.05) is 11.8 Å². The van der Waals surface area contributed by atoms with Crippen molar-refractivity contribution in [3.05, 3.63) is 0 Å². The molecule has 0 aliphatic heterocycles. The molecule has 0 rings (SSSR count). The first kappa shape index (κ1) is 15.9. The number of hydrogen-bond donors (Lipinski definition) is 1. The summed E-state index contributed by atoms with van der Waals surface area (Å²) >= 11 is 0. The van der Waals surface area contributed by atoms with E-state index in [1.807, 2.05) is 21.0 Å². The molecule has 17 heavy (non-hydrogen) atoms. The predicted octanol–water partition coefficient (Wildman–Crippen LogP) is 0.773. The molecule has 0 aliphatic rings. The molecule has 1 atom stereocenters. The fourth-order valence-electron chi connectivity index (χ4n) is 1.64. The standard InChI is InChI=1S/C12H24N2O3/c1-12(11(13)16,7-5-9-14(2)3)8-6-10(15)17-4/h5-9H2,1-4H3,(H2,13,16). The fourth-order valence-corrected chi connectivity index (χ4v) is 1.64. The first-order chi connectivity index (χ1) is 7.81. The third kappa shape index (κ3) is 6.26. The van der Waals surface area contributed by atoms with E-state index in [0.29, 0.717) is 12.8 Å². The number of nitrogens with two attached hydrogens (primary N) is 1. The van der Waals surface area contributed by atoms with Crippen molar-refractivity contribution in [3.8, 4) is 0 Å². The van der Waals surface area contributed by atoms with E-state index in [0.717, 1.165) is 13.0 Å². The van der Waals surface area contributed by atoms with Gasteiger partial charge in [0.15, 0.2) is 0 Å². The second-order valence-electron chi connectivity index (χ2n) is 4.91. The summed E-state index contributed by atoms with van der Waals surface area (Å²) in [7, 11) is 5.31. The number of hydrogen-bond acceptors (Lipinski definition) is 4. The van der Waals surface area contributed by atoms with Gasteiger partial charge in [-0.3, -0.25) is 9.59 Å². The molecule has 1 amide bonds. The molecular formula is C12H24N2O3. The SMILES string of the molecule is COC(=O)CCC(C)(CCCN(C)C)C(N)=O. The van der Waals surface area contributed by atoms with Crippen LogP contribution in [-0.2, 0) is 14.3 Å². The van der Waals surface area contributed by atoms with Gasteiger partial charge in [0.2, 0.25) is 5.91 Å². The predicted molar refractivity (Wildman–Crippen MR) is 66.3 cm³/mol. The highest BCUT2D eigenvalue weighted by atomic mass is 16.5. The lowest BCUT2D eigenvalue weighted by Crippen LogP contribution is -2.35. The van der Waals surface area contributed by atoms with Crippen LogP contribution in [0, 0.1) is 5.41 Å². The molecule has 0 saturated carbocycles. The summed E-state index contributed by atoms with van der Waals surface area (Å²) in [6.07, 6.45) is 2.26. The Bertz CT molecular complexity index is 266. The molecular weight excluding hydrogens is 220 g/mol. The largest absolute Gasteiger partial charge is 0.469 e. The zero-order valence-electron chi connectivity index (χ0n) is 11.3. The van der Waals surface area contributed by atoms with Gasteiger partial charge in [-0.15, -0.1) is 0 Å². The lowest BCUT2D eigenvalue weighted by molar-refractivity contribution is -0.141. The number of esters is 1. The van der Waals surface area contributed by atoms with Gasteiger partial charge in [0.05, 0.1) is 7.11 Å². The maximum absolute atomic E-state index is 11.5. The molecule has 0 aromatic carbocycles. The van der Waals surface area contributed by atoms with Crippen molar-refractivity contribution in [2.24, 2.45) is 11.1 Å². The van der Waals surface area contributed by atoms with Crippen LogP contribution < -0.4 is 5.73 Å². The van der Waals surface area contributed by atoms with Gasteiger partial charge in [-0.05, 0) is 39.9 Å². The number of nitrogens with zero attached hydrogens (tertiary/aromatic N) is 1. The molecule has 2 N–H and O–H groups in total. The average Bonchev–Trinajstić information content (AvgIpc) is 2.25. The number of rotatable bonds is 8. The Kier molecular flexibility index (Phi) is 6.80. The summed E-state index contributed by atoms with van der Waals surface area (Å²) in [5.74, 6) is -0.648. The molecule has 0 aromatic heterocycles. The third-order valence-electron chi connectivity index (χ3n) is 3.04. The minimum absolute atomic E-state index is 0.234. The van der Waals surface area contributed by atoms with Crippen LogP contribution in [0.3, 0.4) is 0 Å². The first-order valence-electron chi connectivity index (χ1n) is 5.83. The maximum Gasteiger partial charge on any atom is 0.305 e. The van der Waals surface area contributed by atoms with E-state index in [1.165, 1.54) is 7.11 Å². The van der Waals surface area contributed by atoms with Gasteiger partial charge in [-0.1, -0.05) is 6.92 Å².